The Morgan fingerprint density at radius 2 is 2.03 bits per heavy atom. The SMILES string of the molecule is CC1CC(N2CCOCC2)CCN1c1ccc(Nc2nc(Br)cn(C)c2=O)cc1N. The molecule has 3 heterocycles. The molecule has 0 aliphatic carbocycles. The lowest BCUT2D eigenvalue weighted by Crippen LogP contribution is -2.52. The number of piperidine rings is 1. The molecule has 30 heavy (non-hydrogen) atoms. The number of anilines is 4. The minimum atomic E-state index is -0.195. The third-order valence-electron chi connectivity index (χ3n) is 6.05. The predicted molar refractivity (Wildman–Crippen MR) is 124 cm³/mol. The number of nitrogens with zero attached hydrogens (tertiary/aromatic N) is 4. The van der Waals surface area contributed by atoms with Crippen molar-refractivity contribution in [3.05, 3.63) is 39.4 Å². The number of morpholine rings is 1. The van der Waals surface area contributed by atoms with Gasteiger partial charge in [-0.25, -0.2) is 4.98 Å². The van der Waals surface area contributed by atoms with E-state index in [-0.39, 0.29) is 11.4 Å². The standard InChI is InChI=1S/C21H29BrN6O2/c1-14-11-16(27-7-9-30-10-8-27)5-6-28(14)18-4-3-15(12-17(18)23)24-20-21(29)26(2)13-19(22)25-20/h3-4,12-14,16H,5-11,23H2,1-2H3,(H,24,25). The average molecular weight is 477 g/mol. The van der Waals surface area contributed by atoms with Gasteiger partial charge in [0.15, 0.2) is 5.82 Å². The number of aromatic nitrogens is 2. The molecule has 2 saturated heterocycles. The maximum atomic E-state index is 12.3. The summed E-state index contributed by atoms with van der Waals surface area (Å²) in [5.41, 5.74) is 8.71. The average Bonchev–Trinajstić information content (AvgIpc) is 2.73. The van der Waals surface area contributed by atoms with Crippen LogP contribution in [0.25, 0.3) is 0 Å². The van der Waals surface area contributed by atoms with Crippen molar-refractivity contribution in [2.75, 3.05) is 48.8 Å². The number of ether oxygens (including phenoxy) is 1. The Kier molecular flexibility index (Phi) is 6.31. The Morgan fingerprint density at radius 3 is 2.73 bits per heavy atom. The molecule has 0 spiro atoms. The smallest absolute Gasteiger partial charge is 0.293 e. The molecule has 2 atom stereocenters. The Hall–Kier alpha value is -2.10. The first-order valence-electron chi connectivity index (χ1n) is 10.4. The van der Waals surface area contributed by atoms with Crippen LogP contribution >= 0.6 is 15.9 Å². The number of halogens is 1. The highest BCUT2D eigenvalue weighted by atomic mass is 79.9. The molecule has 0 radical (unpaired) electrons. The van der Waals surface area contributed by atoms with Crippen LogP contribution in [0.5, 0.6) is 0 Å². The van der Waals surface area contributed by atoms with Crippen molar-refractivity contribution in [1.29, 1.82) is 0 Å². The highest BCUT2D eigenvalue weighted by molar-refractivity contribution is 9.10. The van der Waals surface area contributed by atoms with E-state index in [4.69, 9.17) is 10.5 Å². The minimum absolute atomic E-state index is 0.195. The largest absolute Gasteiger partial charge is 0.397 e. The zero-order valence-corrected chi connectivity index (χ0v) is 19.1. The second-order valence-electron chi connectivity index (χ2n) is 8.10. The number of benzene rings is 1. The maximum absolute atomic E-state index is 12.3. The highest BCUT2D eigenvalue weighted by Crippen LogP contribution is 2.33. The number of nitrogen functional groups attached to an aromatic ring is 1. The zero-order valence-electron chi connectivity index (χ0n) is 17.5. The van der Waals surface area contributed by atoms with Gasteiger partial charge in [0.25, 0.3) is 5.56 Å². The van der Waals surface area contributed by atoms with Crippen LogP contribution < -0.4 is 21.5 Å². The van der Waals surface area contributed by atoms with Gasteiger partial charge in [-0.2, -0.15) is 0 Å². The molecule has 8 nitrogen and oxygen atoms in total. The summed E-state index contributed by atoms with van der Waals surface area (Å²) in [7, 11) is 1.69. The summed E-state index contributed by atoms with van der Waals surface area (Å²) >= 11 is 3.33. The molecular weight excluding hydrogens is 448 g/mol. The van der Waals surface area contributed by atoms with Crippen molar-refractivity contribution >= 4 is 38.8 Å². The molecule has 2 aliphatic heterocycles. The summed E-state index contributed by atoms with van der Waals surface area (Å²) < 4.78 is 7.57. The molecule has 2 fully saturated rings. The first-order valence-corrected chi connectivity index (χ1v) is 11.2. The number of nitrogens with two attached hydrogens (primary N) is 1. The topological polar surface area (TPSA) is 88.7 Å². The fraction of sp³-hybridized carbons (Fsp3) is 0.524. The van der Waals surface area contributed by atoms with Gasteiger partial charge in [-0.3, -0.25) is 9.69 Å². The van der Waals surface area contributed by atoms with Crippen molar-refractivity contribution in [2.45, 2.75) is 31.8 Å². The number of nitrogens with one attached hydrogen (secondary N) is 1. The third kappa shape index (κ3) is 4.48. The van der Waals surface area contributed by atoms with Crippen molar-refractivity contribution in [1.82, 2.24) is 14.5 Å². The van der Waals surface area contributed by atoms with Crippen LogP contribution in [-0.2, 0) is 11.8 Å². The molecule has 4 rings (SSSR count). The van der Waals surface area contributed by atoms with Crippen LogP contribution in [0.4, 0.5) is 22.9 Å². The van der Waals surface area contributed by atoms with E-state index in [1.807, 2.05) is 18.2 Å². The van der Waals surface area contributed by atoms with Crippen LogP contribution in [0, 0.1) is 0 Å². The molecule has 0 saturated carbocycles. The molecule has 2 aromatic rings. The quantitative estimate of drug-likeness (QED) is 0.655. The van der Waals surface area contributed by atoms with Gasteiger partial charge in [0.05, 0.1) is 24.6 Å². The molecule has 3 N–H and O–H groups in total. The van der Waals surface area contributed by atoms with E-state index in [9.17, 15) is 4.79 Å². The molecule has 162 valence electrons. The number of aryl methyl sites for hydroxylation is 1. The van der Waals surface area contributed by atoms with Gasteiger partial charge in [-0.15, -0.1) is 0 Å². The normalized spacial score (nSPS) is 22.8. The van der Waals surface area contributed by atoms with Crippen molar-refractivity contribution < 1.29 is 4.74 Å². The Labute approximate surface area is 185 Å². The summed E-state index contributed by atoms with van der Waals surface area (Å²) in [6, 6.07) is 6.88. The molecular formula is C21H29BrN6O2. The van der Waals surface area contributed by atoms with E-state index >= 15 is 0 Å². The predicted octanol–water partition coefficient (Wildman–Crippen LogP) is 2.56. The van der Waals surface area contributed by atoms with Gasteiger partial charge >= 0.3 is 0 Å². The lowest BCUT2D eigenvalue weighted by atomic mass is 9.95. The fourth-order valence-electron chi connectivity index (χ4n) is 4.46. The van der Waals surface area contributed by atoms with Crippen molar-refractivity contribution in [2.24, 2.45) is 7.05 Å². The van der Waals surface area contributed by atoms with E-state index < -0.39 is 0 Å². The number of hydrogen-bond donors (Lipinski definition) is 2. The van der Waals surface area contributed by atoms with Crippen LogP contribution in [0.2, 0.25) is 0 Å². The maximum Gasteiger partial charge on any atom is 0.293 e. The Bertz CT molecular complexity index is 959. The molecule has 0 amide bonds. The van der Waals surface area contributed by atoms with Gasteiger partial charge in [-0.1, -0.05) is 0 Å². The molecule has 0 bridgehead atoms. The van der Waals surface area contributed by atoms with E-state index in [0.717, 1.165) is 57.1 Å². The molecule has 1 aromatic heterocycles. The van der Waals surface area contributed by atoms with E-state index in [0.29, 0.717) is 22.4 Å². The van der Waals surface area contributed by atoms with Gasteiger partial charge in [0, 0.05) is 50.6 Å². The Morgan fingerprint density at radius 1 is 1.27 bits per heavy atom. The second kappa shape index (κ2) is 8.95. The zero-order chi connectivity index (χ0) is 21.3. The lowest BCUT2D eigenvalue weighted by molar-refractivity contribution is 0.00899. The summed E-state index contributed by atoms with van der Waals surface area (Å²) in [6.45, 7) is 6.99. The fourth-order valence-corrected chi connectivity index (χ4v) is 4.94. The molecule has 1 aromatic carbocycles. The van der Waals surface area contributed by atoms with Gasteiger partial charge in [0.1, 0.15) is 4.60 Å². The molecule has 2 unspecified atom stereocenters. The lowest BCUT2D eigenvalue weighted by Gasteiger charge is -2.44. The summed E-state index contributed by atoms with van der Waals surface area (Å²) in [5.74, 6) is 0.263. The van der Waals surface area contributed by atoms with E-state index in [1.165, 1.54) is 4.57 Å². The Balaban J connectivity index is 1.46. The van der Waals surface area contributed by atoms with Gasteiger partial charge in [0.2, 0.25) is 0 Å². The molecule has 9 heteroatoms. The number of rotatable bonds is 4. The van der Waals surface area contributed by atoms with Crippen molar-refractivity contribution in [3.8, 4) is 0 Å². The first kappa shape index (κ1) is 21.1. The van der Waals surface area contributed by atoms with Gasteiger partial charge in [-0.05, 0) is 53.9 Å². The molecule has 2 aliphatic rings. The van der Waals surface area contributed by atoms with Gasteiger partial charge < -0.3 is 25.3 Å². The van der Waals surface area contributed by atoms with Crippen LogP contribution in [0.15, 0.2) is 33.8 Å². The van der Waals surface area contributed by atoms with Crippen LogP contribution in [-0.4, -0.2) is 59.4 Å². The first-order chi connectivity index (χ1) is 14.4. The summed E-state index contributed by atoms with van der Waals surface area (Å²) in [4.78, 5) is 21.5. The van der Waals surface area contributed by atoms with Crippen molar-refractivity contribution in [3.63, 3.8) is 0 Å². The van der Waals surface area contributed by atoms with Crippen LogP contribution in [0.3, 0.4) is 0 Å². The highest BCUT2D eigenvalue weighted by Gasteiger charge is 2.30. The summed E-state index contributed by atoms with van der Waals surface area (Å²) in [6.07, 6.45) is 3.88. The number of hydrogen-bond acceptors (Lipinski definition) is 7. The third-order valence-corrected chi connectivity index (χ3v) is 6.43. The minimum Gasteiger partial charge on any atom is -0.397 e. The monoisotopic (exact) mass is 476 g/mol. The van der Waals surface area contributed by atoms with E-state index in [1.54, 1.807) is 13.2 Å². The van der Waals surface area contributed by atoms with E-state index in [2.05, 4.69) is 43.0 Å². The second-order valence-corrected chi connectivity index (χ2v) is 8.91. The summed E-state index contributed by atoms with van der Waals surface area (Å²) in [5, 5.41) is 3.09. The van der Waals surface area contributed by atoms with Crippen LogP contribution in [0.1, 0.15) is 19.8 Å².